The molecule has 3 heterocycles. The molecule has 0 saturated heterocycles. The summed E-state index contributed by atoms with van der Waals surface area (Å²) in [5.74, 6) is 0.433. The van der Waals surface area contributed by atoms with E-state index >= 15 is 0 Å². The van der Waals surface area contributed by atoms with Gasteiger partial charge in [0.05, 0.1) is 21.1 Å². The maximum absolute atomic E-state index is 12.8. The fraction of sp³-hybridized carbons (Fsp3) is 0.182. The highest BCUT2D eigenvalue weighted by molar-refractivity contribution is 6.37. The molecule has 0 saturated carbocycles. The second-order valence-electron chi connectivity index (χ2n) is 7.51. The van der Waals surface area contributed by atoms with Crippen LogP contribution in [0.4, 0.5) is 17.5 Å². The Bertz CT molecular complexity index is 1380. The lowest BCUT2D eigenvalue weighted by atomic mass is 10.0. The van der Waals surface area contributed by atoms with Gasteiger partial charge >= 0.3 is 5.69 Å². The van der Waals surface area contributed by atoms with Crippen molar-refractivity contribution in [1.82, 2.24) is 24.8 Å². The van der Waals surface area contributed by atoms with Gasteiger partial charge in [-0.2, -0.15) is 9.97 Å². The molecule has 2 aromatic carbocycles. The van der Waals surface area contributed by atoms with Crippen LogP contribution in [0, 0.1) is 0 Å². The third-order valence-corrected chi connectivity index (χ3v) is 6.03. The SMILES string of the molecule is Nc1c2cnc(Nc3ccc4c(c3)CCCNC4)nc2nc(=O)n1-c1c(Cl)cccc1Cl. The van der Waals surface area contributed by atoms with E-state index in [9.17, 15) is 4.79 Å². The minimum absolute atomic E-state index is 0.110. The summed E-state index contributed by atoms with van der Waals surface area (Å²) >= 11 is 12.5. The first-order valence-electron chi connectivity index (χ1n) is 10.1. The van der Waals surface area contributed by atoms with Gasteiger partial charge in [-0.05, 0) is 54.8 Å². The summed E-state index contributed by atoms with van der Waals surface area (Å²) in [5.41, 5.74) is 9.56. The number of aryl methyl sites for hydroxylation is 1. The molecular weight excluding hydrogens is 449 g/mol. The van der Waals surface area contributed by atoms with Crippen LogP contribution in [0.25, 0.3) is 16.7 Å². The van der Waals surface area contributed by atoms with Crippen LogP contribution in [-0.2, 0) is 13.0 Å². The summed E-state index contributed by atoms with van der Waals surface area (Å²) in [6, 6.07) is 11.1. The van der Waals surface area contributed by atoms with Crippen LogP contribution in [0.2, 0.25) is 10.0 Å². The smallest absolute Gasteiger partial charge is 0.355 e. The molecule has 4 N–H and O–H groups in total. The lowest BCUT2D eigenvalue weighted by Gasteiger charge is -2.14. The fourth-order valence-electron chi connectivity index (χ4n) is 3.85. The topological polar surface area (TPSA) is 111 Å². The lowest BCUT2D eigenvalue weighted by Crippen LogP contribution is -2.25. The van der Waals surface area contributed by atoms with E-state index in [1.807, 2.05) is 6.07 Å². The molecule has 0 spiro atoms. The van der Waals surface area contributed by atoms with E-state index < -0.39 is 5.69 Å². The first-order chi connectivity index (χ1) is 15.5. The third-order valence-electron chi connectivity index (χ3n) is 5.42. The Morgan fingerprint density at radius 3 is 2.72 bits per heavy atom. The lowest BCUT2D eigenvalue weighted by molar-refractivity contribution is 0.681. The van der Waals surface area contributed by atoms with Crippen molar-refractivity contribution in [2.75, 3.05) is 17.6 Å². The molecule has 1 aliphatic heterocycles. The zero-order chi connectivity index (χ0) is 22.2. The third kappa shape index (κ3) is 3.77. The highest BCUT2D eigenvalue weighted by Crippen LogP contribution is 2.30. The summed E-state index contributed by atoms with van der Waals surface area (Å²) in [4.78, 5) is 25.6. The first-order valence-corrected chi connectivity index (χ1v) is 10.9. The van der Waals surface area contributed by atoms with E-state index in [2.05, 4.69) is 37.7 Å². The van der Waals surface area contributed by atoms with Crippen LogP contribution in [0.3, 0.4) is 0 Å². The van der Waals surface area contributed by atoms with Gasteiger partial charge in [-0.1, -0.05) is 35.3 Å². The predicted molar refractivity (Wildman–Crippen MR) is 127 cm³/mol. The maximum Gasteiger partial charge on any atom is 0.355 e. The molecule has 5 rings (SSSR count). The number of nitrogens with two attached hydrogens (primary N) is 1. The molecular formula is C22H19Cl2N7O. The Morgan fingerprint density at radius 2 is 1.91 bits per heavy atom. The van der Waals surface area contributed by atoms with Crippen molar-refractivity contribution in [3.05, 3.63) is 74.3 Å². The van der Waals surface area contributed by atoms with Gasteiger partial charge in [0, 0.05) is 18.4 Å². The summed E-state index contributed by atoms with van der Waals surface area (Å²) in [6.45, 7) is 1.88. The second kappa shape index (κ2) is 8.38. The molecule has 0 aliphatic carbocycles. The highest BCUT2D eigenvalue weighted by atomic mass is 35.5. The molecule has 0 atom stereocenters. The van der Waals surface area contributed by atoms with Crippen molar-refractivity contribution in [2.24, 2.45) is 0 Å². The molecule has 1 aliphatic rings. The van der Waals surface area contributed by atoms with Crippen LogP contribution in [0.15, 0.2) is 47.4 Å². The largest absolute Gasteiger partial charge is 0.384 e. The normalized spacial score (nSPS) is 13.6. The Balaban J connectivity index is 1.53. The average molecular weight is 468 g/mol. The molecule has 0 amide bonds. The van der Waals surface area contributed by atoms with Crippen LogP contribution in [-0.4, -0.2) is 26.1 Å². The number of hydrogen-bond acceptors (Lipinski definition) is 7. The van der Waals surface area contributed by atoms with Gasteiger partial charge in [0.25, 0.3) is 0 Å². The van der Waals surface area contributed by atoms with Gasteiger partial charge in [-0.25, -0.2) is 14.3 Å². The van der Waals surface area contributed by atoms with Crippen LogP contribution < -0.4 is 22.1 Å². The molecule has 162 valence electrons. The van der Waals surface area contributed by atoms with E-state index in [0.29, 0.717) is 11.3 Å². The molecule has 4 aromatic rings. The molecule has 0 fully saturated rings. The monoisotopic (exact) mass is 467 g/mol. The number of aromatic nitrogens is 4. The van der Waals surface area contributed by atoms with Crippen molar-refractivity contribution in [2.45, 2.75) is 19.4 Å². The Kier molecular flexibility index (Phi) is 5.42. The summed E-state index contributed by atoms with van der Waals surface area (Å²) < 4.78 is 1.17. The van der Waals surface area contributed by atoms with Crippen molar-refractivity contribution in [1.29, 1.82) is 0 Å². The number of halogens is 2. The van der Waals surface area contributed by atoms with Crippen LogP contribution >= 0.6 is 23.2 Å². The minimum atomic E-state index is -0.632. The van der Waals surface area contributed by atoms with E-state index in [-0.39, 0.29) is 27.2 Å². The summed E-state index contributed by atoms with van der Waals surface area (Å²) in [6.07, 6.45) is 3.63. The van der Waals surface area contributed by atoms with E-state index in [1.54, 1.807) is 18.2 Å². The molecule has 0 radical (unpaired) electrons. The number of hydrogen-bond donors (Lipinski definition) is 3. The minimum Gasteiger partial charge on any atom is -0.384 e. The number of fused-ring (bicyclic) bond motifs is 2. The Morgan fingerprint density at radius 1 is 1.09 bits per heavy atom. The summed E-state index contributed by atoms with van der Waals surface area (Å²) in [5, 5.41) is 7.59. The van der Waals surface area contributed by atoms with E-state index in [0.717, 1.165) is 31.6 Å². The molecule has 10 heteroatoms. The number of benzene rings is 2. The van der Waals surface area contributed by atoms with Gasteiger partial charge < -0.3 is 16.4 Å². The Hall–Kier alpha value is -3.20. The van der Waals surface area contributed by atoms with Gasteiger partial charge in [0.15, 0.2) is 5.65 Å². The predicted octanol–water partition coefficient (Wildman–Crippen LogP) is 3.84. The quantitative estimate of drug-likeness (QED) is 0.419. The number of rotatable bonds is 3. The number of anilines is 3. The van der Waals surface area contributed by atoms with E-state index in [4.69, 9.17) is 28.9 Å². The van der Waals surface area contributed by atoms with Gasteiger partial charge in [0.2, 0.25) is 5.95 Å². The molecule has 0 bridgehead atoms. The van der Waals surface area contributed by atoms with Crippen molar-refractivity contribution in [3.63, 3.8) is 0 Å². The highest BCUT2D eigenvalue weighted by Gasteiger charge is 2.17. The number of nitrogen functional groups attached to an aromatic ring is 1. The second-order valence-corrected chi connectivity index (χ2v) is 8.32. The van der Waals surface area contributed by atoms with Gasteiger partial charge in [-0.3, -0.25) is 0 Å². The standard InChI is InChI=1S/C22H19Cl2N7O/c23-16-4-1-5-17(24)18(16)31-19(25)15-11-27-21(29-20(15)30-22(31)32)28-14-7-6-13-10-26-8-2-3-12(13)9-14/h1,4-7,9,11,26H,2-3,8,10,25H2,(H,28,29,30,32). The zero-order valence-corrected chi connectivity index (χ0v) is 18.4. The number of para-hydroxylation sites is 1. The van der Waals surface area contributed by atoms with Crippen molar-refractivity contribution >= 4 is 51.7 Å². The first kappa shape index (κ1) is 20.7. The van der Waals surface area contributed by atoms with Crippen molar-refractivity contribution in [3.8, 4) is 5.69 Å². The molecule has 32 heavy (non-hydrogen) atoms. The van der Waals surface area contributed by atoms with Crippen LogP contribution in [0.1, 0.15) is 17.5 Å². The molecule has 0 unspecified atom stereocenters. The van der Waals surface area contributed by atoms with E-state index in [1.165, 1.54) is 21.9 Å². The van der Waals surface area contributed by atoms with Gasteiger partial charge in [0.1, 0.15) is 5.82 Å². The zero-order valence-electron chi connectivity index (χ0n) is 16.9. The number of nitrogens with zero attached hydrogens (tertiary/aromatic N) is 4. The molecule has 8 nitrogen and oxygen atoms in total. The molecule has 2 aromatic heterocycles. The Labute approximate surface area is 193 Å². The fourth-order valence-corrected chi connectivity index (χ4v) is 4.41. The number of nitrogens with one attached hydrogen (secondary N) is 2. The average Bonchev–Trinajstić information content (AvgIpc) is 3.00. The van der Waals surface area contributed by atoms with Gasteiger partial charge in [-0.15, -0.1) is 0 Å². The van der Waals surface area contributed by atoms with Crippen LogP contribution in [0.5, 0.6) is 0 Å². The summed E-state index contributed by atoms with van der Waals surface area (Å²) in [7, 11) is 0. The van der Waals surface area contributed by atoms with Crippen molar-refractivity contribution < 1.29 is 0 Å². The maximum atomic E-state index is 12.8.